The second kappa shape index (κ2) is 8.02. The van der Waals surface area contributed by atoms with Crippen LogP contribution >= 0.6 is 11.3 Å². The number of benzene rings is 1. The number of carbonyl (C=O) groups excluding carboxylic acids is 1. The Balaban J connectivity index is 1.63. The van der Waals surface area contributed by atoms with Crippen molar-refractivity contribution in [1.29, 1.82) is 0 Å². The van der Waals surface area contributed by atoms with E-state index in [1.54, 1.807) is 11.3 Å². The van der Waals surface area contributed by atoms with Crippen molar-refractivity contribution in [3.63, 3.8) is 0 Å². The fraction of sp³-hybridized carbons (Fsp3) is 0.450. The zero-order chi connectivity index (χ0) is 17.8. The average Bonchev–Trinajstić information content (AvgIpc) is 2.98. The number of piperazine rings is 1. The van der Waals surface area contributed by atoms with Crippen LogP contribution in [-0.4, -0.2) is 44.0 Å². The summed E-state index contributed by atoms with van der Waals surface area (Å²) >= 11 is 1.58. The third-order valence-electron chi connectivity index (χ3n) is 4.76. The van der Waals surface area contributed by atoms with Crippen molar-refractivity contribution in [2.24, 2.45) is 0 Å². The predicted molar refractivity (Wildman–Crippen MR) is 107 cm³/mol. The van der Waals surface area contributed by atoms with Gasteiger partial charge in [-0.25, -0.2) is 0 Å². The molecule has 1 N–H and O–H groups in total. The van der Waals surface area contributed by atoms with Crippen LogP contribution in [-0.2, 0) is 6.42 Å². The van der Waals surface area contributed by atoms with Gasteiger partial charge < -0.3 is 15.1 Å². The third kappa shape index (κ3) is 4.41. The van der Waals surface area contributed by atoms with Crippen molar-refractivity contribution in [2.45, 2.75) is 26.7 Å². The van der Waals surface area contributed by atoms with E-state index in [2.05, 4.69) is 48.1 Å². The molecular formula is C20H27N3OS. The summed E-state index contributed by atoms with van der Waals surface area (Å²) < 4.78 is 0. The summed E-state index contributed by atoms with van der Waals surface area (Å²) in [4.78, 5) is 19.3. The Hall–Kier alpha value is -1.85. The molecule has 0 unspecified atom stereocenters. The van der Waals surface area contributed by atoms with Crippen LogP contribution in [0.1, 0.15) is 33.5 Å². The van der Waals surface area contributed by atoms with E-state index in [0.29, 0.717) is 0 Å². The van der Waals surface area contributed by atoms with E-state index in [4.69, 9.17) is 0 Å². The number of thiophene rings is 1. The molecule has 0 aliphatic carbocycles. The van der Waals surface area contributed by atoms with E-state index in [-0.39, 0.29) is 5.91 Å². The maximum Gasteiger partial charge on any atom is 0.265 e. The van der Waals surface area contributed by atoms with E-state index < -0.39 is 0 Å². The molecule has 134 valence electrons. The molecule has 3 rings (SSSR count). The van der Waals surface area contributed by atoms with Crippen molar-refractivity contribution in [1.82, 2.24) is 4.90 Å². The fourth-order valence-corrected chi connectivity index (χ4v) is 4.13. The van der Waals surface area contributed by atoms with Gasteiger partial charge in [-0.2, -0.15) is 0 Å². The Kier molecular flexibility index (Phi) is 5.76. The molecule has 2 aromatic rings. The first-order valence-electron chi connectivity index (χ1n) is 9.01. The number of rotatable bonds is 5. The molecule has 25 heavy (non-hydrogen) atoms. The topological polar surface area (TPSA) is 35.6 Å². The van der Waals surface area contributed by atoms with Gasteiger partial charge in [-0.05, 0) is 56.3 Å². The summed E-state index contributed by atoms with van der Waals surface area (Å²) in [6.45, 7) is 8.55. The summed E-state index contributed by atoms with van der Waals surface area (Å²) in [5.74, 6) is -0.0113. The van der Waals surface area contributed by atoms with Gasteiger partial charge in [-0.1, -0.05) is 13.3 Å². The molecule has 1 aromatic carbocycles. The highest BCUT2D eigenvalue weighted by atomic mass is 32.1. The van der Waals surface area contributed by atoms with Crippen molar-refractivity contribution >= 4 is 28.6 Å². The summed E-state index contributed by atoms with van der Waals surface area (Å²) in [6.07, 6.45) is 2.14. The maximum absolute atomic E-state index is 12.5. The van der Waals surface area contributed by atoms with Crippen LogP contribution in [0.5, 0.6) is 0 Å². The minimum atomic E-state index is -0.0113. The Morgan fingerprint density at radius 2 is 1.84 bits per heavy atom. The minimum absolute atomic E-state index is 0.0113. The molecule has 1 aliphatic heterocycles. The van der Waals surface area contributed by atoms with Crippen LogP contribution in [0.25, 0.3) is 0 Å². The Morgan fingerprint density at radius 3 is 2.48 bits per heavy atom. The fourth-order valence-electron chi connectivity index (χ4n) is 3.16. The molecule has 0 radical (unpaired) electrons. The van der Waals surface area contributed by atoms with E-state index >= 15 is 0 Å². The molecule has 1 aromatic heterocycles. The number of nitrogens with one attached hydrogen (secondary N) is 1. The molecule has 1 aliphatic rings. The van der Waals surface area contributed by atoms with E-state index in [1.807, 2.05) is 18.2 Å². The standard InChI is InChI=1S/C20H27N3OS/c1-4-5-16-14-19(25-15(16)2)20(24)21-17-6-8-18(9-7-17)23-12-10-22(3)11-13-23/h6-9,14H,4-5,10-13H2,1-3H3,(H,21,24). The quantitative estimate of drug-likeness (QED) is 0.878. The number of carbonyl (C=O) groups is 1. The highest BCUT2D eigenvalue weighted by molar-refractivity contribution is 7.14. The maximum atomic E-state index is 12.5. The third-order valence-corrected chi connectivity index (χ3v) is 5.85. The van der Waals surface area contributed by atoms with Crippen molar-refractivity contribution in [3.8, 4) is 0 Å². The van der Waals surface area contributed by atoms with Gasteiger partial charge in [0.15, 0.2) is 0 Å². The SMILES string of the molecule is CCCc1cc(C(=O)Nc2ccc(N3CCN(C)CC3)cc2)sc1C. The zero-order valence-electron chi connectivity index (χ0n) is 15.3. The van der Waals surface area contributed by atoms with Crippen molar-refractivity contribution in [3.05, 3.63) is 45.6 Å². The average molecular weight is 358 g/mol. The summed E-state index contributed by atoms with van der Waals surface area (Å²) in [5.41, 5.74) is 3.37. The van der Waals surface area contributed by atoms with Crippen LogP contribution < -0.4 is 10.2 Å². The van der Waals surface area contributed by atoms with E-state index in [0.717, 1.165) is 49.6 Å². The van der Waals surface area contributed by atoms with E-state index in [9.17, 15) is 4.79 Å². The molecule has 1 amide bonds. The normalized spacial score (nSPS) is 15.4. The molecule has 0 bridgehead atoms. The Labute approximate surface area is 154 Å². The molecule has 1 saturated heterocycles. The minimum Gasteiger partial charge on any atom is -0.369 e. The number of amides is 1. The van der Waals surface area contributed by atoms with Crippen LogP contribution in [0.4, 0.5) is 11.4 Å². The van der Waals surface area contributed by atoms with Gasteiger partial charge in [0.2, 0.25) is 0 Å². The Bertz CT molecular complexity index is 715. The van der Waals surface area contributed by atoms with Crippen molar-refractivity contribution in [2.75, 3.05) is 43.4 Å². The summed E-state index contributed by atoms with van der Waals surface area (Å²) in [7, 11) is 2.16. The van der Waals surface area contributed by atoms with Crippen LogP contribution in [0.2, 0.25) is 0 Å². The molecule has 0 saturated carbocycles. The number of hydrogen-bond donors (Lipinski definition) is 1. The highest BCUT2D eigenvalue weighted by Crippen LogP contribution is 2.25. The van der Waals surface area contributed by atoms with Gasteiger partial charge in [0, 0.05) is 42.4 Å². The zero-order valence-corrected chi connectivity index (χ0v) is 16.2. The van der Waals surface area contributed by atoms with Crippen LogP contribution in [0.3, 0.4) is 0 Å². The molecule has 4 nitrogen and oxygen atoms in total. The first-order valence-corrected chi connectivity index (χ1v) is 9.82. The number of hydrogen-bond acceptors (Lipinski definition) is 4. The monoisotopic (exact) mass is 357 g/mol. The molecule has 0 atom stereocenters. The second-order valence-corrected chi connectivity index (χ2v) is 7.99. The first-order chi connectivity index (χ1) is 12.1. The number of nitrogens with zero attached hydrogens (tertiary/aromatic N) is 2. The second-order valence-electron chi connectivity index (χ2n) is 6.73. The number of likely N-dealkylation sites (N-methyl/N-ethyl adjacent to an activating group) is 1. The predicted octanol–water partition coefficient (Wildman–Crippen LogP) is 4.01. The summed E-state index contributed by atoms with van der Waals surface area (Å²) in [6, 6.07) is 10.2. The largest absolute Gasteiger partial charge is 0.369 e. The van der Waals surface area contributed by atoms with Gasteiger partial charge >= 0.3 is 0 Å². The lowest BCUT2D eigenvalue weighted by atomic mass is 10.1. The lowest BCUT2D eigenvalue weighted by molar-refractivity contribution is 0.103. The molecule has 2 heterocycles. The molecule has 5 heteroatoms. The van der Waals surface area contributed by atoms with Gasteiger partial charge in [0.1, 0.15) is 0 Å². The number of anilines is 2. The van der Waals surface area contributed by atoms with Gasteiger partial charge in [-0.15, -0.1) is 11.3 Å². The van der Waals surface area contributed by atoms with Gasteiger partial charge in [-0.3, -0.25) is 4.79 Å². The van der Waals surface area contributed by atoms with Crippen LogP contribution in [0.15, 0.2) is 30.3 Å². The Morgan fingerprint density at radius 1 is 1.16 bits per heavy atom. The smallest absolute Gasteiger partial charge is 0.265 e. The van der Waals surface area contributed by atoms with Crippen LogP contribution in [0, 0.1) is 6.92 Å². The van der Waals surface area contributed by atoms with Gasteiger partial charge in [0.25, 0.3) is 5.91 Å². The molecule has 1 fully saturated rings. The highest BCUT2D eigenvalue weighted by Gasteiger charge is 2.15. The van der Waals surface area contributed by atoms with Gasteiger partial charge in [0.05, 0.1) is 4.88 Å². The first kappa shape index (κ1) is 18.0. The lowest BCUT2D eigenvalue weighted by Crippen LogP contribution is -2.44. The summed E-state index contributed by atoms with van der Waals surface area (Å²) in [5, 5.41) is 3.02. The molecular weight excluding hydrogens is 330 g/mol. The lowest BCUT2D eigenvalue weighted by Gasteiger charge is -2.34. The molecule has 0 spiro atoms. The number of aryl methyl sites for hydroxylation is 2. The van der Waals surface area contributed by atoms with E-state index in [1.165, 1.54) is 16.1 Å². The van der Waals surface area contributed by atoms with Crippen molar-refractivity contribution < 1.29 is 4.79 Å².